The van der Waals surface area contributed by atoms with E-state index in [1.165, 1.54) is 19.1 Å². The van der Waals surface area contributed by atoms with Crippen LogP contribution in [0.1, 0.15) is 18.5 Å². The maximum atomic E-state index is 13.0. The fraction of sp³-hybridized carbons (Fsp3) is 0.417. The van der Waals surface area contributed by atoms with E-state index in [4.69, 9.17) is 16.7 Å². The van der Waals surface area contributed by atoms with Crippen molar-refractivity contribution in [3.63, 3.8) is 0 Å². The van der Waals surface area contributed by atoms with Gasteiger partial charge in [-0.3, -0.25) is 9.69 Å². The molecule has 1 aromatic rings. The molecule has 0 spiro atoms. The molecule has 1 unspecified atom stereocenters. The molecule has 0 heterocycles. The Bertz CT molecular complexity index is 493. The van der Waals surface area contributed by atoms with Crippen LogP contribution in [0.2, 0.25) is 5.02 Å². The molecule has 0 saturated heterocycles. The maximum Gasteiger partial charge on any atom is 0.401 e. The van der Waals surface area contributed by atoms with Crippen LogP contribution >= 0.6 is 11.6 Å². The lowest BCUT2D eigenvalue weighted by molar-refractivity contribution is -0.157. The molecule has 0 radical (unpaired) electrons. The van der Waals surface area contributed by atoms with Crippen LogP contribution in [0.4, 0.5) is 17.6 Å². The standard InChI is InChI=1S/C12H12ClF4NO2/c1-7(8-2-3-10(14)9(13)4-8)18(5-11(19)20)6-12(15,16)17/h2-4,7H,5-6H2,1H3,(H,19,20). The Hall–Kier alpha value is -1.34. The van der Waals surface area contributed by atoms with Crippen molar-refractivity contribution in [1.29, 1.82) is 0 Å². The molecule has 0 fully saturated rings. The normalized spacial score (nSPS) is 13.6. The van der Waals surface area contributed by atoms with Crippen LogP contribution in [0.5, 0.6) is 0 Å². The number of nitrogens with zero attached hydrogens (tertiary/aromatic N) is 1. The molecule has 0 aliphatic rings. The van der Waals surface area contributed by atoms with Gasteiger partial charge in [0.05, 0.1) is 18.1 Å². The van der Waals surface area contributed by atoms with Gasteiger partial charge < -0.3 is 5.11 Å². The number of carbonyl (C=O) groups is 1. The summed E-state index contributed by atoms with van der Waals surface area (Å²) in [5.74, 6) is -2.07. The van der Waals surface area contributed by atoms with Crippen LogP contribution in [0.3, 0.4) is 0 Å². The van der Waals surface area contributed by atoms with E-state index < -0.39 is 37.1 Å². The summed E-state index contributed by atoms with van der Waals surface area (Å²) in [5, 5.41) is 8.45. The average Bonchev–Trinajstić information content (AvgIpc) is 2.28. The van der Waals surface area contributed by atoms with Gasteiger partial charge in [-0.05, 0) is 24.6 Å². The molecule has 0 amide bonds. The van der Waals surface area contributed by atoms with Crippen molar-refractivity contribution in [2.75, 3.05) is 13.1 Å². The predicted octanol–water partition coefficient (Wildman–Crippen LogP) is 3.49. The molecule has 0 aliphatic heterocycles. The van der Waals surface area contributed by atoms with Gasteiger partial charge in [-0.15, -0.1) is 0 Å². The molecule has 112 valence electrons. The van der Waals surface area contributed by atoms with Crippen molar-refractivity contribution in [2.24, 2.45) is 0 Å². The molecule has 3 nitrogen and oxygen atoms in total. The molecule has 20 heavy (non-hydrogen) atoms. The Kier molecular flexibility index (Phi) is 5.35. The second-order valence-electron chi connectivity index (χ2n) is 4.26. The van der Waals surface area contributed by atoms with Gasteiger partial charge in [0.25, 0.3) is 0 Å². The van der Waals surface area contributed by atoms with Gasteiger partial charge in [0.15, 0.2) is 0 Å². The van der Waals surface area contributed by atoms with E-state index in [1.54, 1.807) is 0 Å². The van der Waals surface area contributed by atoms with E-state index in [2.05, 4.69) is 0 Å². The number of carboxylic acids is 1. The summed E-state index contributed by atoms with van der Waals surface area (Å²) in [5.41, 5.74) is 0.307. The highest BCUT2D eigenvalue weighted by molar-refractivity contribution is 6.30. The summed E-state index contributed by atoms with van der Waals surface area (Å²) in [6, 6.07) is 2.62. The Morgan fingerprint density at radius 1 is 1.45 bits per heavy atom. The van der Waals surface area contributed by atoms with Crippen LogP contribution in [-0.2, 0) is 4.79 Å². The molecule has 1 atom stereocenters. The fourth-order valence-electron chi connectivity index (χ4n) is 1.72. The van der Waals surface area contributed by atoms with E-state index in [0.29, 0.717) is 5.56 Å². The summed E-state index contributed by atoms with van der Waals surface area (Å²) in [7, 11) is 0. The minimum Gasteiger partial charge on any atom is -0.480 e. The summed E-state index contributed by atoms with van der Waals surface area (Å²) < 4.78 is 50.4. The minimum atomic E-state index is -4.53. The number of halogens is 5. The van der Waals surface area contributed by atoms with E-state index in [1.807, 2.05) is 0 Å². The zero-order valence-electron chi connectivity index (χ0n) is 10.4. The third kappa shape index (κ3) is 4.97. The highest BCUT2D eigenvalue weighted by atomic mass is 35.5. The maximum absolute atomic E-state index is 13.0. The van der Waals surface area contributed by atoms with Crippen LogP contribution in [0.25, 0.3) is 0 Å². The summed E-state index contributed by atoms with van der Waals surface area (Å²) in [4.78, 5) is 11.4. The Balaban J connectivity index is 2.99. The van der Waals surface area contributed by atoms with Crippen molar-refractivity contribution in [3.8, 4) is 0 Å². The molecule has 8 heteroatoms. The average molecular weight is 314 g/mol. The molecular formula is C12H12ClF4NO2. The number of hydrogen-bond acceptors (Lipinski definition) is 2. The second-order valence-corrected chi connectivity index (χ2v) is 4.67. The van der Waals surface area contributed by atoms with Gasteiger partial charge in [-0.2, -0.15) is 13.2 Å². The first-order chi connectivity index (χ1) is 9.10. The van der Waals surface area contributed by atoms with Gasteiger partial charge in [0, 0.05) is 6.04 Å². The lowest BCUT2D eigenvalue weighted by Crippen LogP contribution is -2.39. The van der Waals surface area contributed by atoms with Crippen molar-refractivity contribution < 1.29 is 27.5 Å². The Labute approximate surface area is 117 Å². The number of rotatable bonds is 5. The molecule has 1 rings (SSSR count). The van der Waals surface area contributed by atoms with Gasteiger partial charge in [-0.25, -0.2) is 4.39 Å². The van der Waals surface area contributed by atoms with Gasteiger partial charge >= 0.3 is 12.1 Å². The lowest BCUT2D eigenvalue weighted by atomic mass is 10.1. The molecule has 1 N–H and O–H groups in total. The zero-order valence-corrected chi connectivity index (χ0v) is 11.2. The van der Waals surface area contributed by atoms with E-state index in [9.17, 15) is 22.4 Å². The first-order valence-electron chi connectivity index (χ1n) is 5.57. The summed E-state index contributed by atoms with van der Waals surface area (Å²) in [6.07, 6.45) is -4.53. The molecule has 1 aromatic carbocycles. The molecular weight excluding hydrogens is 302 g/mol. The second kappa shape index (κ2) is 6.41. The zero-order chi connectivity index (χ0) is 15.5. The summed E-state index contributed by atoms with van der Waals surface area (Å²) >= 11 is 5.57. The third-order valence-electron chi connectivity index (χ3n) is 2.69. The fourth-order valence-corrected chi connectivity index (χ4v) is 1.91. The highest BCUT2D eigenvalue weighted by Crippen LogP contribution is 2.27. The highest BCUT2D eigenvalue weighted by Gasteiger charge is 2.34. The topological polar surface area (TPSA) is 40.5 Å². The molecule has 0 aromatic heterocycles. The van der Waals surface area contributed by atoms with E-state index in [0.717, 1.165) is 11.0 Å². The van der Waals surface area contributed by atoms with Crippen LogP contribution in [0.15, 0.2) is 18.2 Å². The van der Waals surface area contributed by atoms with Crippen molar-refractivity contribution in [1.82, 2.24) is 4.90 Å². The number of benzene rings is 1. The minimum absolute atomic E-state index is 0.225. The van der Waals surface area contributed by atoms with Crippen LogP contribution in [-0.4, -0.2) is 35.2 Å². The lowest BCUT2D eigenvalue weighted by Gasteiger charge is -2.28. The van der Waals surface area contributed by atoms with Crippen LogP contribution < -0.4 is 0 Å². The smallest absolute Gasteiger partial charge is 0.401 e. The first-order valence-corrected chi connectivity index (χ1v) is 5.95. The van der Waals surface area contributed by atoms with Gasteiger partial charge in [0.1, 0.15) is 5.82 Å². The largest absolute Gasteiger partial charge is 0.480 e. The Morgan fingerprint density at radius 3 is 2.50 bits per heavy atom. The van der Waals surface area contributed by atoms with E-state index >= 15 is 0 Å². The van der Waals surface area contributed by atoms with Crippen molar-refractivity contribution >= 4 is 17.6 Å². The number of alkyl halides is 3. The molecule has 0 bridgehead atoms. The van der Waals surface area contributed by atoms with E-state index in [-0.39, 0.29) is 5.02 Å². The third-order valence-corrected chi connectivity index (χ3v) is 2.98. The monoisotopic (exact) mass is 313 g/mol. The summed E-state index contributed by atoms with van der Waals surface area (Å²) in [6.45, 7) is -0.761. The molecule has 0 aliphatic carbocycles. The van der Waals surface area contributed by atoms with Crippen molar-refractivity contribution in [3.05, 3.63) is 34.6 Å². The van der Waals surface area contributed by atoms with Crippen molar-refractivity contribution in [2.45, 2.75) is 19.1 Å². The first kappa shape index (κ1) is 16.7. The molecule has 0 saturated carbocycles. The Morgan fingerprint density at radius 2 is 2.05 bits per heavy atom. The van der Waals surface area contributed by atoms with Gasteiger partial charge in [-0.1, -0.05) is 17.7 Å². The van der Waals surface area contributed by atoms with Crippen LogP contribution in [0, 0.1) is 5.82 Å². The SMILES string of the molecule is CC(c1ccc(F)c(Cl)c1)N(CC(=O)O)CC(F)(F)F. The van der Waals surface area contributed by atoms with Gasteiger partial charge in [0.2, 0.25) is 0 Å². The number of hydrogen-bond donors (Lipinski definition) is 1. The predicted molar refractivity (Wildman–Crippen MR) is 65.1 cm³/mol. The quantitative estimate of drug-likeness (QED) is 0.846. The number of aliphatic carboxylic acids is 1. The number of carboxylic acid groups (broad SMARTS) is 1.